The number of carbonyl (C=O) groups is 1. The van der Waals surface area contributed by atoms with Gasteiger partial charge >= 0.3 is 0 Å². The Morgan fingerprint density at radius 1 is 1.38 bits per heavy atom. The van der Waals surface area contributed by atoms with E-state index in [1.54, 1.807) is 0 Å². The summed E-state index contributed by atoms with van der Waals surface area (Å²) in [6, 6.07) is 0. The Labute approximate surface area is 79.2 Å². The summed E-state index contributed by atoms with van der Waals surface area (Å²) in [5, 5.41) is 0. The smallest absolute Gasteiger partial charge is 0.238 e. The molecule has 0 aromatic rings. The standard InChI is InChI=1S/C9H18N2O2/c1-2-13-10-8-9(12)11-6-4-3-5-7-11/h10H,2-8H2,1H3. The van der Waals surface area contributed by atoms with Gasteiger partial charge in [0.1, 0.15) is 6.54 Å². The van der Waals surface area contributed by atoms with Gasteiger partial charge in [-0.25, -0.2) is 0 Å². The van der Waals surface area contributed by atoms with Gasteiger partial charge in [0.05, 0.1) is 6.61 Å². The molecule has 0 atom stereocenters. The molecule has 1 aliphatic rings. The maximum absolute atomic E-state index is 11.5. The van der Waals surface area contributed by atoms with Gasteiger partial charge in [-0.1, -0.05) is 0 Å². The van der Waals surface area contributed by atoms with E-state index in [2.05, 4.69) is 5.48 Å². The fourth-order valence-electron chi connectivity index (χ4n) is 1.47. The van der Waals surface area contributed by atoms with Crippen molar-refractivity contribution in [1.29, 1.82) is 0 Å². The van der Waals surface area contributed by atoms with Crippen molar-refractivity contribution in [3.63, 3.8) is 0 Å². The quantitative estimate of drug-likeness (QED) is 0.514. The van der Waals surface area contributed by atoms with E-state index in [0.29, 0.717) is 13.2 Å². The minimum Gasteiger partial charge on any atom is -0.342 e. The molecule has 1 N–H and O–H groups in total. The molecule has 0 saturated carbocycles. The zero-order chi connectivity index (χ0) is 9.52. The topological polar surface area (TPSA) is 41.6 Å². The number of carbonyl (C=O) groups excluding carboxylic acids is 1. The number of nitrogens with one attached hydrogen (secondary N) is 1. The molecule has 1 aliphatic heterocycles. The monoisotopic (exact) mass is 186 g/mol. The minimum atomic E-state index is 0.146. The van der Waals surface area contributed by atoms with Gasteiger partial charge in [-0.15, -0.1) is 0 Å². The number of hydroxylamine groups is 1. The Morgan fingerprint density at radius 3 is 2.69 bits per heavy atom. The largest absolute Gasteiger partial charge is 0.342 e. The van der Waals surface area contributed by atoms with E-state index in [0.717, 1.165) is 25.9 Å². The van der Waals surface area contributed by atoms with Crippen molar-refractivity contribution in [2.45, 2.75) is 26.2 Å². The van der Waals surface area contributed by atoms with E-state index in [4.69, 9.17) is 4.84 Å². The van der Waals surface area contributed by atoms with Crippen molar-refractivity contribution >= 4 is 5.91 Å². The van der Waals surface area contributed by atoms with Crippen LogP contribution in [0.25, 0.3) is 0 Å². The fraction of sp³-hybridized carbons (Fsp3) is 0.889. The Kier molecular flexibility index (Phi) is 4.78. The van der Waals surface area contributed by atoms with Crippen LogP contribution in [0, 0.1) is 0 Å². The summed E-state index contributed by atoms with van der Waals surface area (Å²) >= 11 is 0. The highest BCUT2D eigenvalue weighted by atomic mass is 16.6. The highest BCUT2D eigenvalue weighted by Crippen LogP contribution is 2.07. The first kappa shape index (κ1) is 10.5. The van der Waals surface area contributed by atoms with Gasteiger partial charge in [-0.2, -0.15) is 5.48 Å². The third kappa shape index (κ3) is 3.74. The number of hydrogen-bond acceptors (Lipinski definition) is 3. The van der Waals surface area contributed by atoms with Crippen molar-refractivity contribution in [3.05, 3.63) is 0 Å². The molecule has 1 heterocycles. The van der Waals surface area contributed by atoms with Crippen molar-refractivity contribution < 1.29 is 9.63 Å². The Bertz CT molecular complexity index is 156. The van der Waals surface area contributed by atoms with Crippen molar-refractivity contribution in [3.8, 4) is 0 Å². The van der Waals surface area contributed by atoms with Gasteiger partial charge in [0.15, 0.2) is 0 Å². The van der Waals surface area contributed by atoms with Gasteiger partial charge in [0.25, 0.3) is 0 Å². The molecule has 0 bridgehead atoms. The highest BCUT2D eigenvalue weighted by molar-refractivity contribution is 5.78. The second kappa shape index (κ2) is 5.94. The lowest BCUT2D eigenvalue weighted by Gasteiger charge is -2.26. The minimum absolute atomic E-state index is 0.146. The third-order valence-electron chi connectivity index (χ3n) is 2.18. The second-order valence-electron chi connectivity index (χ2n) is 3.20. The summed E-state index contributed by atoms with van der Waals surface area (Å²) < 4.78 is 0. The van der Waals surface area contributed by atoms with E-state index in [1.165, 1.54) is 6.42 Å². The first-order valence-corrected chi connectivity index (χ1v) is 4.97. The molecule has 0 aromatic carbocycles. The fourth-order valence-corrected chi connectivity index (χ4v) is 1.47. The normalized spacial score (nSPS) is 17.5. The average Bonchev–Trinajstić information content (AvgIpc) is 2.19. The predicted octanol–water partition coefficient (Wildman–Crippen LogP) is 0.540. The first-order chi connectivity index (χ1) is 6.34. The van der Waals surface area contributed by atoms with Crippen LogP contribution < -0.4 is 5.48 Å². The second-order valence-corrected chi connectivity index (χ2v) is 3.20. The molecule has 0 radical (unpaired) electrons. The number of rotatable bonds is 4. The van der Waals surface area contributed by atoms with Gasteiger partial charge in [-0.3, -0.25) is 4.79 Å². The van der Waals surface area contributed by atoms with Gasteiger partial charge in [0.2, 0.25) is 5.91 Å². The molecule has 1 amide bonds. The van der Waals surface area contributed by atoms with Crippen LogP contribution in [-0.4, -0.2) is 37.0 Å². The summed E-state index contributed by atoms with van der Waals surface area (Å²) in [6.07, 6.45) is 3.53. The van der Waals surface area contributed by atoms with E-state index >= 15 is 0 Å². The molecule has 1 rings (SSSR count). The van der Waals surface area contributed by atoms with Gasteiger partial charge < -0.3 is 9.74 Å². The number of amides is 1. The van der Waals surface area contributed by atoms with E-state index in [9.17, 15) is 4.79 Å². The highest BCUT2D eigenvalue weighted by Gasteiger charge is 2.15. The molecule has 4 heteroatoms. The van der Waals surface area contributed by atoms with Crippen LogP contribution in [0.2, 0.25) is 0 Å². The maximum atomic E-state index is 11.5. The van der Waals surface area contributed by atoms with Gasteiger partial charge in [-0.05, 0) is 26.2 Å². The molecule has 76 valence electrons. The summed E-state index contributed by atoms with van der Waals surface area (Å²) in [5.41, 5.74) is 2.64. The molecule has 1 saturated heterocycles. The Balaban J connectivity index is 2.13. The van der Waals surface area contributed by atoms with Crippen molar-refractivity contribution in [2.75, 3.05) is 26.2 Å². The first-order valence-electron chi connectivity index (χ1n) is 4.97. The predicted molar refractivity (Wildman–Crippen MR) is 50.1 cm³/mol. The van der Waals surface area contributed by atoms with E-state index in [-0.39, 0.29) is 5.91 Å². The molecule has 0 aliphatic carbocycles. The summed E-state index contributed by atoms with van der Waals surface area (Å²) in [7, 11) is 0. The average molecular weight is 186 g/mol. The lowest BCUT2D eigenvalue weighted by molar-refractivity contribution is -0.133. The molecule has 13 heavy (non-hydrogen) atoms. The SMILES string of the molecule is CCONCC(=O)N1CCCCC1. The van der Waals surface area contributed by atoms with Gasteiger partial charge in [0, 0.05) is 13.1 Å². The third-order valence-corrected chi connectivity index (χ3v) is 2.18. The lowest BCUT2D eigenvalue weighted by atomic mass is 10.1. The van der Waals surface area contributed by atoms with E-state index < -0.39 is 0 Å². The molecule has 0 unspecified atom stereocenters. The van der Waals surface area contributed by atoms with Crippen molar-refractivity contribution in [1.82, 2.24) is 10.4 Å². The van der Waals surface area contributed by atoms with Crippen LogP contribution >= 0.6 is 0 Å². The Morgan fingerprint density at radius 2 is 2.08 bits per heavy atom. The van der Waals surface area contributed by atoms with Crippen LogP contribution in [0.15, 0.2) is 0 Å². The van der Waals surface area contributed by atoms with Crippen LogP contribution in [0.5, 0.6) is 0 Å². The summed E-state index contributed by atoms with van der Waals surface area (Å²) in [4.78, 5) is 18.3. The van der Waals surface area contributed by atoms with Crippen LogP contribution in [0.1, 0.15) is 26.2 Å². The molecular weight excluding hydrogens is 168 g/mol. The zero-order valence-corrected chi connectivity index (χ0v) is 8.21. The molecule has 4 nitrogen and oxygen atoms in total. The molecular formula is C9H18N2O2. The molecule has 0 spiro atoms. The van der Waals surface area contributed by atoms with Crippen LogP contribution in [0.4, 0.5) is 0 Å². The zero-order valence-electron chi connectivity index (χ0n) is 8.21. The summed E-state index contributed by atoms with van der Waals surface area (Å²) in [5.74, 6) is 0.146. The van der Waals surface area contributed by atoms with Crippen molar-refractivity contribution in [2.24, 2.45) is 0 Å². The molecule has 0 aromatic heterocycles. The Hall–Kier alpha value is -0.610. The molecule has 1 fully saturated rings. The number of nitrogens with zero attached hydrogens (tertiary/aromatic N) is 1. The van der Waals surface area contributed by atoms with E-state index in [1.807, 2.05) is 11.8 Å². The maximum Gasteiger partial charge on any atom is 0.238 e. The number of hydrogen-bond donors (Lipinski definition) is 1. The number of piperidine rings is 1. The summed E-state index contributed by atoms with van der Waals surface area (Å²) in [6.45, 7) is 4.60. The van der Waals surface area contributed by atoms with Crippen LogP contribution in [0.3, 0.4) is 0 Å². The lowest BCUT2D eigenvalue weighted by Crippen LogP contribution is -2.41. The van der Waals surface area contributed by atoms with Crippen LogP contribution in [-0.2, 0) is 9.63 Å². The number of likely N-dealkylation sites (tertiary alicyclic amines) is 1.